The standard InChI is InChI=1S/C17H17N3O3S/c1-11-17(22)20(16(19-23-11)15-4-3-9-24-15)10-13-5-7-14(8-6-13)18-12(2)21/h3-9,11H,10H2,1-2H3,(H,18,21). The SMILES string of the molecule is CC(=O)Nc1ccc(CN2C(=O)C(C)ON=C2c2cccs2)cc1. The largest absolute Gasteiger partial charge is 0.381 e. The number of carbonyl (C=O) groups is 2. The molecule has 0 saturated heterocycles. The molecule has 24 heavy (non-hydrogen) atoms. The number of amides is 2. The van der Waals surface area contributed by atoms with Crippen molar-refractivity contribution in [3.63, 3.8) is 0 Å². The lowest BCUT2D eigenvalue weighted by Crippen LogP contribution is -2.46. The molecule has 0 aliphatic carbocycles. The lowest BCUT2D eigenvalue weighted by atomic mass is 10.1. The molecule has 0 spiro atoms. The van der Waals surface area contributed by atoms with E-state index >= 15 is 0 Å². The van der Waals surface area contributed by atoms with Crippen LogP contribution >= 0.6 is 11.3 Å². The number of rotatable bonds is 4. The van der Waals surface area contributed by atoms with Gasteiger partial charge in [0.2, 0.25) is 12.0 Å². The van der Waals surface area contributed by atoms with Crippen molar-refractivity contribution in [3.8, 4) is 0 Å². The van der Waals surface area contributed by atoms with Gasteiger partial charge in [-0.1, -0.05) is 23.4 Å². The Morgan fingerprint density at radius 2 is 2.08 bits per heavy atom. The van der Waals surface area contributed by atoms with Crippen molar-refractivity contribution in [2.45, 2.75) is 26.5 Å². The molecule has 1 atom stereocenters. The van der Waals surface area contributed by atoms with Crippen LogP contribution in [-0.2, 0) is 21.0 Å². The molecule has 2 amide bonds. The monoisotopic (exact) mass is 343 g/mol. The van der Waals surface area contributed by atoms with Crippen LogP contribution in [0.3, 0.4) is 0 Å². The third-order valence-electron chi connectivity index (χ3n) is 3.52. The van der Waals surface area contributed by atoms with Crippen LogP contribution in [0.2, 0.25) is 0 Å². The molecule has 7 heteroatoms. The van der Waals surface area contributed by atoms with Gasteiger partial charge in [0.25, 0.3) is 5.91 Å². The molecule has 3 rings (SSSR count). The first kappa shape index (κ1) is 16.2. The van der Waals surface area contributed by atoms with Gasteiger partial charge >= 0.3 is 0 Å². The molecule has 1 aromatic carbocycles. The summed E-state index contributed by atoms with van der Waals surface area (Å²) in [6.07, 6.45) is -0.604. The van der Waals surface area contributed by atoms with Gasteiger partial charge in [0.15, 0.2) is 5.84 Å². The van der Waals surface area contributed by atoms with Gasteiger partial charge in [-0.05, 0) is 36.1 Å². The zero-order valence-electron chi connectivity index (χ0n) is 13.4. The first-order valence-electron chi connectivity index (χ1n) is 7.50. The Kier molecular flexibility index (Phi) is 4.61. The van der Waals surface area contributed by atoms with E-state index in [9.17, 15) is 9.59 Å². The van der Waals surface area contributed by atoms with Crippen LogP contribution in [0.25, 0.3) is 0 Å². The second-order valence-electron chi connectivity index (χ2n) is 5.44. The Labute approximate surface area is 143 Å². The fourth-order valence-electron chi connectivity index (χ4n) is 2.36. The van der Waals surface area contributed by atoms with Crippen LogP contribution in [0.1, 0.15) is 24.3 Å². The fraction of sp³-hybridized carbons (Fsp3) is 0.235. The Morgan fingerprint density at radius 3 is 2.71 bits per heavy atom. The summed E-state index contributed by atoms with van der Waals surface area (Å²) in [7, 11) is 0. The third kappa shape index (κ3) is 3.46. The zero-order valence-corrected chi connectivity index (χ0v) is 14.2. The zero-order chi connectivity index (χ0) is 17.1. The lowest BCUT2D eigenvalue weighted by Gasteiger charge is -2.29. The first-order chi connectivity index (χ1) is 11.5. The first-order valence-corrected chi connectivity index (χ1v) is 8.38. The number of nitrogens with zero attached hydrogens (tertiary/aromatic N) is 2. The third-order valence-corrected chi connectivity index (χ3v) is 4.39. The summed E-state index contributed by atoms with van der Waals surface area (Å²) < 4.78 is 0. The van der Waals surface area contributed by atoms with E-state index in [-0.39, 0.29) is 11.8 Å². The molecule has 2 heterocycles. The van der Waals surface area contributed by atoms with Crippen molar-refractivity contribution in [1.29, 1.82) is 0 Å². The summed E-state index contributed by atoms with van der Waals surface area (Å²) in [6, 6.07) is 11.2. The molecule has 0 radical (unpaired) electrons. The highest BCUT2D eigenvalue weighted by molar-refractivity contribution is 7.12. The van der Waals surface area contributed by atoms with E-state index < -0.39 is 6.10 Å². The molecule has 1 unspecified atom stereocenters. The van der Waals surface area contributed by atoms with Crippen LogP contribution in [-0.4, -0.2) is 28.7 Å². The second-order valence-corrected chi connectivity index (χ2v) is 6.39. The van der Waals surface area contributed by atoms with Crippen molar-refractivity contribution >= 4 is 34.7 Å². The Bertz CT molecular complexity index is 769. The number of amidine groups is 1. The van der Waals surface area contributed by atoms with E-state index in [0.717, 1.165) is 16.1 Å². The van der Waals surface area contributed by atoms with E-state index in [1.54, 1.807) is 11.8 Å². The maximum atomic E-state index is 12.5. The number of thiophene rings is 1. The maximum Gasteiger partial charge on any atom is 0.272 e. The average Bonchev–Trinajstić information content (AvgIpc) is 3.07. The van der Waals surface area contributed by atoms with Gasteiger partial charge in [-0.3, -0.25) is 14.5 Å². The van der Waals surface area contributed by atoms with Crippen LogP contribution in [0.15, 0.2) is 46.9 Å². The predicted octanol–water partition coefficient (Wildman–Crippen LogP) is 2.82. The summed E-state index contributed by atoms with van der Waals surface area (Å²) in [5, 5.41) is 8.77. The number of oxime groups is 1. The second kappa shape index (κ2) is 6.84. The molecule has 0 fully saturated rings. The maximum absolute atomic E-state index is 12.5. The van der Waals surface area contributed by atoms with E-state index in [1.807, 2.05) is 41.8 Å². The average molecular weight is 343 g/mol. The van der Waals surface area contributed by atoms with E-state index in [2.05, 4.69) is 10.5 Å². The predicted molar refractivity (Wildman–Crippen MR) is 92.7 cm³/mol. The van der Waals surface area contributed by atoms with Gasteiger partial charge in [-0.15, -0.1) is 11.3 Å². The molecular formula is C17H17N3O3S. The van der Waals surface area contributed by atoms with Gasteiger partial charge in [0.1, 0.15) is 0 Å². The molecule has 1 aliphatic heterocycles. The smallest absolute Gasteiger partial charge is 0.272 e. The van der Waals surface area contributed by atoms with Gasteiger partial charge in [-0.25, -0.2) is 0 Å². The van der Waals surface area contributed by atoms with E-state index in [4.69, 9.17) is 4.84 Å². The topological polar surface area (TPSA) is 71.0 Å². The van der Waals surface area contributed by atoms with Crippen LogP contribution in [0, 0.1) is 0 Å². The quantitative estimate of drug-likeness (QED) is 0.928. The number of benzene rings is 1. The van der Waals surface area contributed by atoms with Crippen LogP contribution < -0.4 is 5.32 Å². The minimum absolute atomic E-state index is 0.118. The number of anilines is 1. The van der Waals surface area contributed by atoms with Crippen LogP contribution in [0.4, 0.5) is 5.69 Å². The molecule has 0 saturated carbocycles. The minimum Gasteiger partial charge on any atom is -0.381 e. The Morgan fingerprint density at radius 1 is 1.33 bits per heavy atom. The highest BCUT2D eigenvalue weighted by atomic mass is 32.1. The molecule has 1 N–H and O–H groups in total. The summed E-state index contributed by atoms with van der Waals surface area (Å²) >= 11 is 1.50. The van der Waals surface area contributed by atoms with Crippen molar-refractivity contribution in [3.05, 3.63) is 52.2 Å². The highest BCUT2D eigenvalue weighted by Gasteiger charge is 2.32. The minimum atomic E-state index is -0.604. The molecule has 2 aromatic rings. The molecule has 6 nitrogen and oxygen atoms in total. The number of carbonyl (C=O) groups excluding carboxylic acids is 2. The van der Waals surface area contributed by atoms with Crippen molar-refractivity contribution in [1.82, 2.24) is 4.90 Å². The normalized spacial score (nSPS) is 17.2. The van der Waals surface area contributed by atoms with Crippen molar-refractivity contribution < 1.29 is 14.4 Å². The summed E-state index contributed by atoms with van der Waals surface area (Å²) in [5.74, 6) is 0.283. The van der Waals surface area contributed by atoms with Gasteiger partial charge in [0.05, 0.1) is 11.4 Å². The summed E-state index contributed by atoms with van der Waals surface area (Å²) in [4.78, 5) is 31.3. The van der Waals surface area contributed by atoms with Gasteiger partial charge in [-0.2, -0.15) is 0 Å². The fourth-order valence-corrected chi connectivity index (χ4v) is 3.08. The van der Waals surface area contributed by atoms with Gasteiger partial charge < -0.3 is 10.2 Å². The van der Waals surface area contributed by atoms with Crippen molar-refractivity contribution in [2.75, 3.05) is 5.32 Å². The lowest BCUT2D eigenvalue weighted by molar-refractivity contribution is -0.142. The summed E-state index contributed by atoms with van der Waals surface area (Å²) in [6.45, 7) is 3.54. The number of hydrogen-bond acceptors (Lipinski definition) is 5. The Hall–Kier alpha value is -2.67. The summed E-state index contributed by atoms with van der Waals surface area (Å²) in [5.41, 5.74) is 1.66. The number of nitrogens with one attached hydrogen (secondary N) is 1. The van der Waals surface area contributed by atoms with E-state index in [0.29, 0.717) is 12.4 Å². The van der Waals surface area contributed by atoms with Crippen molar-refractivity contribution in [2.24, 2.45) is 5.16 Å². The molecule has 1 aliphatic rings. The molecule has 1 aromatic heterocycles. The molecular weight excluding hydrogens is 326 g/mol. The Balaban J connectivity index is 1.82. The highest BCUT2D eigenvalue weighted by Crippen LogP contribution is 2.21. The van der Waals surface area contributed by atoms with E-state index in [1.165, 1.54) is 18.3 Å². The molecule has 0 bridgehead atoms. The van der Waals surface area contributed by atoms with Crippen LogP contribution in [0.5, 0.6) is 0 Å². The van der Waals surface area contributed by atoms with Gasteiger partial charge in [0, 0.05) is 12.6 Å². The molecule has 124 valence electrons. The number of hydrogen-bond donors (Lipinski definition) is 1.